The third kappa shape index (κ3) is 4.96. The largest absolute Gasteiger partial charge is 0.357 e. The van der Waals surface area contributed by atoms with E-state index in [0.717, 1.165) is 28.2 Å². The summed E-state index contributed by atoms with van der Waals surface area (Å²) in [5.74, 6) is 1.42. The number of hydrogen-bond acceptors (Lipinski definition) is 6. The van der Waals surface area contributed by atoms with Crippen molar-refractivity contribution in [2.75, 3.05) is 18.5 Å². The Balaban J connectivity index is 1.59. The number of fused-ring (bicyclic) bond motifs is 1. The molecule has 34 heavy (non-hydrogen) atoms. The van der Waals surface area contributed by atoms with Crippen LogP contribution in [0.2, 0.25) is 0 Å². The van der Waals surface area contributed by atoms with Crippen molar-refractivity contribution in [2.24, 2.45) is 0 Å². The summed E-state index contributed by atoms with van der Waals surface area (Å²) in [6.07, 6.45) is 3.84. The molecule has 4 rings (SSSR count). The number of carbonyl (C=O) groups excluding carboxylic acids is 1. The van der Waals surface area contributed by atoms with E-state index < -0.39 is 4.92 Å². The molecule has 1 aliphatic heterocycles. The van der Waals surface area contributed by atoms with Crippen molar-refractivity contribution in [1.82, 2.24) is 14.9 Å². The van der Waals surface area contributed by atoms with Gasteiger partial charge in [0.1, 0.15) is 5.82 Å². The molecule has 0 spiro atoms. The molecule has 174 valence electrons. The number of non-ortho nitro benzene ring substituents is 1. The van der Waals surface area contributed by atoms with Crippen LogP contribution in [0.4, 0.5) is 11.5 Å². The zero-order valence-electron chi connectivity index (χ0n) is 19.5. The molecule has 0 N–H and O–H groups in total. The molecule has 2 heterocycles. The molecule has 8 nitrogen and oxygen atoms in total. The molecular weight excluding hydrogens is 430 g/mol. The van der Waals surface area contributed by atoms with Crippen LogP contribution in [0.25, 0.3) is 17.5 Å². The molecule has 2 aromatic carbocycles. The fourth-order valence-electron chi connectivity index (χ4n) is 3.82. The highest BCUT2D eigenvalue weighted by Crippen LogP contribution is 2.30. The average molecular weight is 458 g/mol. The van der Waals surface area contributed by atoms with Crippen LogP contribution in [0.3, 0.4) is 0 Å². The van der Waals surface area contributed by atoms with Gasteiger partial charge in [-0.3, -0.25) is 14.9 Å². The molecule has 0 aliphatic carbocycles. The highest BCUT2D eigenvalue weighted by atomic mass is 16.6. The van der Waals surface area contributed by atoms with Crippen LogP contribution in [-0.2, 0) is 17.8 Å². The molecule has 0 unspecified atom stereocenters. The Labute approximate surface area is 198 Å². The van der Waals surface area contributed by atoms with Gasteiger partial charge in [0.15, 0.2) is 5.82 Å². The van der Waals surface area contributed by atoms with Crippen molar-refractivity contribution in [3.8, 4) is 11.4 Å². The lowest BCUT2D eigenvalue weighted by atomic mass is 10.0. The number of nitro groups is 1. The van der Waals surface area contributed by atoms with Gasteiger partial charge in [-0.25, -0.2) is 9.97 Å². The maximum Gasteiger partial charge on any atom is 0.269 e. The zero-order chi connectivity index (χ0) is 24.2. The van der Waals surface area contributed by atoms with Crippen LogP contribution in [0.5, 0.6) is 0 Å². The second-order valence-electron chi connectivity index (χ2n) is 8.56. The van der Waals surface area contributed by atoms with Crippen molar-refractivity contribution in [3.05, 3.63) is 87.6 Å². The van der Waals surface area contributed by atoms with E-state index >= 15 is 0 Å². The standard InChI is InChI=1S/C26H27N5O3/c1-18(2)29(3)26-22-17-30(24(32)14-11-19-9-12-21(13-10-19)31(33)34)16-15-23(22)27-25(28-26)20-7-5-4-6-8-20/h4-14,18H,15-17H2,1-3H3/b14-11+. The van der Waals surface area contributed by atoms with E-state index in [1.54, 1.807) is 23.1 Å². The lowest BCUT2D eigenvalue weighted by molar-refractivity contribution is -0.384. The third-order valence-corrected chi connectivity index (χ3v) is 6.01. The molecule has 1 amide bonds. The Kier molecular flexibility index (Phi) is 6.67. The molecule has 0 atom stereocenters. The summed E-state index contributed by atoms with van der Waals surface area (Å²) in [4.78, 5) is 37.0. The maximum atomic E-state index is 12.9. The minimum absolute atomic E-state index is 0.0211. The minimum atomic E-state index is -0.444. The van der Waals surface area contributed by atoms with Crippen LogP contribution in [0.1, 0.15) is 30.7 Å². The van der Waals surface area contributed by atoms with Gasteiger partial charge in [-0.05, 0) is 37.6 Å². The van der Waals surface area contributed by atoms with Crippen molar-refractivity contribution in [1.29, 1.82) is 0 Å². The Morgan fingerprint density at radius 1 is 1.12 bits per heavy atom. The number of hydrogen-bond donors (Lipinski definition) is 0. The normalized spacial score (nSPS) is 13.2. The van der Waals surface area contributed by atoms with E-state index in [-0.39, 0.29) is 17.6 Å². The molecule has 1 aromatic heterocycles. The zero-order valence-corrected chi connectivity index (χ0v) is 19.5. The van der Waals surface area contributed by atoms with Gasteiger partial charge in [0.25, 0.3) is 5.69 Å². The SMILES string of the molecule is CC(C)N(C)c1nc(-c2ccccc2)nc2c1CN(C(=O)/C=C/c1ccc([N+](=O)[O-])cc1)CC2. The highest BCUT2D eigenvalue weighted by molar-refractivity contribution is 5.92. The number of anilines is 1. The molecular formula is C26H27N5O3. The summed E-state index contributed by atoms with van der Waals surface area (Å²) in [5, 5.41) is 10.8. The van der Waals surface area contributed by atoms with Crippen LogP contribution in [-0.4, -0.2) is 45.3 Å². The van der Waals surface area contributed by atoms with Crippen molar-refractivity contribution in [2.45, 2.75) is 32.9 Å². The summed E-state index contributed by atoms with van der Waals surface area (Å²) < 4.78 is 0. The first-order valence-corrected chi connectivity index (χ1v) is 11.2. The van der Waals surface area contributed by atoms with Gasteiger partial charge in [-0.2, -0.15) is 0 Å². The smallest absolute Gasteiger partial charge is 0.269 e. The van der Waals surface area contributed by atoms with Crippen LogP contribution in [0, 0.1) is 10.1 Å². The van der Waals surface area contributed by atoms with Crippen LogP contribution >= 0.6 is 0 Å². The highest BCUT2D eigenvalue weighted by Gasteiger charge is 2.27. The summed E-state index contributed by atoms with van der Waals surface area (Å²) in [6.45, 7) is 5.21. The van der Waals surface area contributed by atoms with E-state index in [0.29, 0.717) is 25.3 Å². The van der Waals surface area contributed by atoms with E-state index in [2.05, 4.69) is 18.7 Å². The molecule has 0 bridgehead atoms. The Morgan fingerprint density at radius 2 is 1.82 bits per heavy atom. The summed E-state index contributed by atoms with van der Waals surface area (Å²) in [5.41, 5.74) is 3.66. The first-order chi connectivity index (χ1) is 16.3. The second kappa shape index (κ2) is 9.82. The van der Waals surface area contributed by atoms with Gasteiger partial charge in [-0.1, -0.05) is 30.3 Å². The fraction of sp³-hybridized carbons (Fsp3) is 0.269. The molecule has 0 saturated carbocycles. The Hall–Kier alpha value is -4.07. The van der Waals surface area contributed by atoms with E-state index in [1.807, 2.05) is 37.4 Å². The number of rotatable bonds is 6. The van der Waals surface area contributed by atoms with E-state index in [9.17, 15) is 14.9 Å². The first-order valence-electron chi connectivity index (χ1n) is 11.2. The fourth-order valence-corrected chi connectivity index (χ4v) is 3.82. The molecule has 0 fully saturated rings. The number of nitro benzene ring substituents is 1. The molecule has 0 saturated heterocycles. The van der Waals surface area contributed by atoms with Gasteiger partial charge in [0.2, 0.25) is 5.91 Å². The number of nitrogens with zero attached hydrogens (tertiary/aromatic N) is 5. The predicted octanol–water partition coefficient (Wildman–Crippen LogP) is 4.49. The molecule has 1 aliphatic rings. The third-order valence-electron chi connectivity index (χ3n) is 6.01. The minimum Gasteiger partial charge on any atom is -0.357 e. The monoisotopic (exact) mass is 457 g/mol. The quantitative estimate of drug-likeness (QED) is 0.308. The van der Waals surface area contributed by atoms with Gasteiger partial charge in [-0.15, -0.1) is 0 Å². The number of amides is 1. The van der Waals surface area contributed by atoms with Crippen molar-refractivity contribution >= 4 is 23.5 Å². The molecule has 0 radical (unpaired) electrons. The Morgan fingerprint density at radius 3 is 2.47 bits per heavy atom. The van der Waals surface area contributed by atoms with Gasteiger partial charge < -0.3 is 9.80 Å². The lowest BCUT2D eigenvalue weighted by Crippen LogP contribution is -2.38. The van der Waals surface area contributed by atoms with Crippen molar-refractivity contribution in [3.63, 3.8) is 0 Å². The predicted molar refractivity (Wildman–Crippen MR) is 132 cm³/mol. The number of aromatic nitrogens is 2. The first kappa shape index (κ1) is 23.1. The number of carbonyl (C=O) groups is 1. The van der Waals surface area contributed by atoms with Crippen LogP contribution in [0.15, 0.2) is 60.7 Å². The second-order valence-corrected chi connectivity index (χ2v) is 8.56. The van der Waals surface area contributed by atoms with E-state index in [1.165, 1.54) is 18.2 Å². The van der Waals surface area contributed by atoms with Gasteiger partial charge in [0.05, 0.1) is 17.2 Å². The topological polar surface area (TPSA) is 92.5 Å². The summed E-state index contributed by atoms with van der Waals surface area (Å²) in [6, 6.07) is 16.3. The maximum absolute atomic E-state index is 12.9. The summed E-state index contributed by atoms with van der Waals surface area (Å²) >= 11 is 0. The molecule has 8 heteroatoms. The number of benzene rings is 2. The van der Waals surface area contributed by atoms with Gasteiger partial charge in [0, 0.05) is 55.4 Å². The summed E-state index contributed by atoms with van der Waals surface area (Å²) in [7, 11) is 2.01. The molecule has 3 aromatic rings. The van der Waals surface area contributed by atoms with Gasteiger partial charge >= 0.3 is 0 Å². The lowest BCUT2D eigenvalue weighted by Gasteiger charge is -2.32. The van der Waals surface area contributed by atoms with Crippen molar-refractivity contribution < 1.29 is 9.72 Å². The van der Waals surface area contributed by atoms with Crippen LogP contribution < -0.4 is 4.90 Å². The van der Waals surface area contributed by atoms with E-state index in [4.69, 9.17) is 9.97 Å². The average Bonchev–Trinajstić information content (AvgIpc) is 2.86. The Bertz CT molecular complexity index is 1220.